The molecule has 0 unspecified atom stereocenters. The first-order chi connectivity index (χ1) is 17.3. The third kappa shape index (κ3) is 6.34. The molecule has 1 aromatic carbocycles. The van der Waals surface area contributed by atoms with Gasteiger partial charge in [0.05, 0.1) is 24.5 Å². The average molecular weight is 549 g/mol. The highest BCUT2D eigenvalue weighted by atomic mass is 35.5. The number of thioether (sulfide) groups is 1. The van der Waals surface area contributed by atoms with Gasteiger partial charge in [-0.3, -0.25) is 9.36 Å². The van der Waals surface area contributed by atoms with Crippen LogP contribution in [0, 0.1) is 6.92 Å². The molecule has 3 aromatic rings. The molecule has 1 amide bonds. The standard InChI is InChI=1S/C24H25ClN4O5S2/c1-5-11-29-20(15-9-8-10-16(25)12-15)27-28-24(29)35-13-17(30)26-21-18(22(31)33-6-2)14(4)19(36-21)23(32)34-7-3/h5,8-10,12H,1,6-7,11,13H2,2-4H3,(H,26,30). The lowest BCUT2D eigenvalue weighted by Gasteiger charge is -2.09. The molecule has 0 radical (unpaired) electrons. The zero-order valence-corrected chi connectivity index (χ0v) is 22.4. The van der Waals surface area contributed by atoms with Gasteiger partial charge in [-0.05, 0) is 38.5 Å². The zero-order valence-electron chi connectivity index (χ0n) is 20.0. The second kappa shape index (κ2) is 12.7. The summed E-state index contributed by atoms with van der Waals surface area (Å²) in [5.41, 5.74) is 1.32. The normalized spacial score (nSPS) is 10.7. The first-order valence-corrected chi connectivity index (χ1v) is 13.2. The van der Waals surface area contributed by atoms with E-state index in [1.54, 1.807) is 39.0 Å². The van der Waals surface area contributed by atoms with Crippen molar-refractivity contribution in [2.75, 3.05) is 24.3 Å². The van der Waals surface area contributed by atoms with Crippen molar-refractivity contribution in [3.8, 4) is 11.4 Å². The molecule has 0 spiro atoms. The van der Waals surface area contributed by atoms with Crippen LogP contribution in [0.5, 0.6) is 0 Å². The molecule has 0 bridgehead atoms. The number of carbonyl (C=O) groups excluding carboxylic acids is 3. The smallest absolute Gasteiger partial charge is 0.348 e. The lowest BCUT2D eigenvalue weighted by atomic mass is 10.1. The highest BCUT2D eigenvalue weighted by Gasteiger charge is 2.27. The number of esters is 2. The van der Waals surface area contributed by atoms with E-state index in [4.69, 9.17) is 21.1 Å². The number of allylic oxidation sites excluding steroid dienone is 1. The Balaban J connectivity index is 1.80. The largest absolute Gasteiger partial charge is 0.462 e. The maximum atomic E-state index is 12.8. The van der Waals surface area contributed by atoms with Crippen LogP contribution < -0.4 is 5.32 Å². The predicted octanol–water partition coefficient (Wildman–Crippen LogP) is 5.24. The van der Waals surface area contributed by atoms with E-state index in [2.05, 4.69) is 22.1 Å². The first-order valence-electron chi connectivity index (χ1n) is 11.0. The number of amides is 1. The molecule has 0 aliphatic heterocycles. The average Bonchev–Trinajstić information content (AvgIpc) is 3.38. The Bertz CT molecular complexity index is 1290. The topological polar surface area (TPSA) is 112 Å². The molecule has 12 heteroatoms. The fourth-order valence-electron chi connectivity index (χ4n) is 3.27. The number of halogens is 1. The van der Waals surface area contributed by atoms with Gasteiger partial charge in [0.1, 0.15) is 9.88 Å². The SMILES string of the molecule is C=CCn1c(SCC(=O)Nc2sc(C(=O)OCC)c(C)c2C(=O)OCC)nnc1-c1cccc(Cl)c1. The number of carbonyl (C=O) groups is 3. The number of nitrogens with zero attached hydrogens (tertiary/aromatic N) is 3. The van der Waals surface area contributed by atoms with Gasteiger partial charge in [0.2, 0.25) is 5.91 Å². The minimum Gasteiger partial charge on any atom is -0.462 e. The number of hydrogen-bond donors (Lipinski definition) is 1. The van der Waals surface area contributed by atoms with E-state index in [1.165, 1.54) is 11.8 Å². The lowest BCUT2D eigenvalue weighted by Crippen LogP contribution is -2.17. The summed E-state index contributed by atoms with van der Waals surface area (Å²) in [4.78, 5) is 38.0. The molecular formula is C24H25ClN4O5S2. The highest BCUT2D eigenvalue weighted by molar-refractivity contribution is 7.99. The number of nitrogens with one attached hydrogen (secondary N) is 1. The van der Waals surface area contributed by atoms with Crippen molar-refractivity contribution in [2.45, 2.75) is 32.5 Å². The Labute approximate surface area is 221 Å². The zero-order chi connectivity index (χ0) is 26.2. The summed E-state index contributed by atoms with van der Waals surface area (Å²) in [6, 6.07) is 7.24. The van der Waals surface area contributed by atoms with Crippen LogP contribution in [0.3, 0.4) is 0 Å². The van der Waals surface area contributed by atoms with Gasteiger partial charge in [0.25, 0.3) is 0 Å². The van der Waals surface area contributed by atoms with Gasteiger partial charge in [-0.25, -0.2) is 9.59 Å². The second-order valence-electron chi connectivity index (χ2n) is 7.25. The first kappa shape index (κ1) is 27.4. The third-order valence-corrected chi connectivity index (χ3v) is 7.17. The van der Waals surface area contributed by atoms with Gasteiger partial charge in [-0.2, -0.15) is 0 Å². The van der Waals surface area contributed by atoms with E-state index in [9.17, 15) is 14.4 Å². The Kier molecular flexibility index (Phi) is 9.68. The van der Waals surface area contributed by atoms with Crippen LogP contribution in [0.25, 0.3) is 11.4 Å². The van der Waals surface area contributed by atoms with Gasteiger partial charge in [0.15, 0.2) is 11.0 Å². The minimum absolute atomic E-state index is 0.0151. The van der Waals surface area contributed by atoms with Crippen LogP contribution in [0.1, 0.15) is 39.4 Å². The van der Waals surface area contributed by atoms with E-state index in [0.29, 0.717) is 28.1 Å². The van der Waals surface area contributed by atoms with Gasteiger partial charge in [-0.15, -0.1) is 28.1 Å². The quantitative estimate of drug-likeness (QED) is 0.197. The van der Waals surface area contributed by atoms with Crippen LogP contribution in [0.4, 0.5) is 5.00 Å². The monoisotopic (exact) mass is 548 g/mol. The number of benzene rings is 1. The van der Waals surface area contributed by atoms with Crippen LogP contribution in [0.15, 0.2) is 42.1 Å². The van der Waals surface area contributed by atoms with E-state index < -0.39 is 11.9 Å². The van der Waals surface area contributed by atoms with Crippen LogP contribution in [-0.4, -0.2) is 51.6 Å². The Hall–Kier alpha value is -3.15. The third-order valence-electron chi connectivity index (χ3n) is 4.78. The van der Waals surface area contributed by atoms with Crippen molar-refractivity contribution in [3.05, 3.63) is 57.9 Å². The maximum absolute atomic E-state index is 12.8. The van der Waals surface area contributed by atoms with Crippen LogP contribution in [-0.2, 0) is 20.8 Å². The fraction of sp³-hybridized carbons (Fsp3) is 0.292. The number of aromatic nitrogens is 3. The Morgan fingerprint density at radius 1 is 1.19 bits per heavy atom. The molecule has 0 saturated carbocycles. The van der Waals surface area contributed by atoms with Crippen molar-refractivity contribution in [2.24, 2.45) is 0 Å². The number of thiophene rings is 1. The molecule has 3 rings (SSSR count). The summed E-state index contributed by atoms with van der Waals surface area (Å²) in [6.45, 7) is 9.54. The summed E-state index contributed by atoms with van der Waals surface area (Å²) in [5.74, 6) is -0.996. The van der Waals surface area contributed by atoms with E-state index in [-0.39, 0.29) is 40.3 Å². The number of anilines is 1. The van der Waals surface area contributed by atoms with Crippen molar-refractivity contribution in [1.29, 1.82) is 0 Å². The molecular weight excluding hydrogens is 524 g/mol. The Morgan fingerprint density at radius 2 is 1.92 bits per heavy atom. The number of hydrogen-bond acceptors (Lipinski definition) is 9. The van der Waals surface area contributed by atoms with Gasteiger partial charge < -0.3 is 14.8 Å². The van der Waals surface area contributed by atoms with E-state index in [1.807, 2.05) is 16.7 Å². The molecule has 0 atom stereocenters. The van der Waals surface area contributed by atoms with Crippen molar-refractivity contribution in [3.63, 3.8) is 0 Å². The lowest BCUT2D eigenvalue weighted by molar-refractivity contribution is -0.113. The predicted molar refractivity (Wildman–Crippen MR) is 141 cm³/mol. The summed E-state index contributed by atoms with van der Waals surface area (Å²) in [7, 11) is 0. The van der Waals surface area contributed by atoms with E-state index >= 15 is 0 Å². The van der Waals surface area contributed by atoms with Gasteiger partial charge in [0, 0.05) is 17.1 Å². The molecule has 0 aliphatic carbocycles. The maximum Gasteiger partial charge on any atom is 0.348 e. The molecule has 36 heavy (non-hydrogen) atoms. The molecule has 0 aliphatic rings. The number of ether oxygens (including phenoxy) is 2. The van der Waals surface area contributed by atoms with Gasteiger partial charge in [-0.1, -0.05) is 41.6 Å². The molecule has 9 nitrogen and oxygen atoms in total. The van der Waals surface area contributed by atoms with Crippen molar-refractivity contribution >= 4 is 57.5 Å². The van der Waals surface area contributed by atoms with E-state index in [0.717, 1.165) is 16.9 Å². The van der Waals surface area contributed by atoms with Crippen LogP contribution >= 0.6 is 34.7 Å². The van der Waals surface area contributed by atoms with Crippen molar-refractivity contribution in [1.82, 2.24) is 14.8 Å². The summed E-state index contributed by atoms with van der Waals surface area (Å²) in [6.07, 6.45) is 1.71. The molecule has 2 aromatic heterocycles. The molecule has 1 N–H and O–H groups in total. The second-order valence-corrected chi connectivity index (χ2v) is 9.65. The molecule has 190 valence electrons. The minimum atomic E-state index is -0.623. The number of rotatable bonds is 11. The van der Waals surface area contributed by atoms with Gasteiger partial charge >= 0.3 is 11.9 Å². The highest BCUT2D eigenvalue weighted by Crippen LogP contribution is 2.35. The van der Waals surface area contributed by atoms with Crippen LogP contribution in [0.2, 0.25) is 5.02 Å². The molecule has 2 heterocycles. The molecule has 0 saturated heterocycles. The Morgan fingerprint density at radius 3 is 2.58 bits per heavy atom. The summed E-state index contributed by atoms with van der Waals surface area (Å²) in [5, 5.41) is 12.5. The summed E-state index contributed by atoms with van der Waals surface area (Å²) >= 11 is 8.27. The molecule has 0 fully saturated rings. The van der Waals surface area contributed by atoms with Crippen molar-refractivity contribution < 1.29 is 23.9 Å². The summed E-state index contributed by atoms with van der Waals surface area (Å²) < 4.78 is 12.0. The fourth-order valence-corrected chi connectivity index (χ4v) is 5.31.